The minimum Gasteiger partial charge on any atom is -0.507 e. The van der Waals surface area contributed by atoms with Gasteiger partial charge in [-0.15, -0.1) is 0 Å². The summed E-state index contributed by atoms with van der Waals surface area (Å²) in [5.41, 5.74) is 2.45. The Kier molecular flexibility index (Phi) is 2.99. The summed E-state index contributed by atoms with van der Waals surface area (Å²) >= 11 is 6.09. The van der Waals surface area contributed by atoms with Crippen molar-refractivity contribution in [3.8, 4) is 22.6 Å². The fraction of sp³-hybridized carbons (Fsp3) is 0.235. The van der Waals surface area contributed by atoms with Gasteiger partial charge in [-0.05, 0) is 44.5 Å². The van der Waals surface area contributed by atoms with Crippen molar-refractivity contribution in [3.05, 3.63) is 46.5 Å². The molecule has 0 bridgehead atoms. The van der Waals surface area contributed by atoms with Gasteiger partial charge in [0, 0.05) is 22.2 Å². The predicted molar refractivity (Wildman–Crippen MR) is 82.2 cm³/mol. The summed E-state index contributed by atoms with van der Waals surface area (Å²) in [5.74, 6) is 0.322. The van der Waals surface area contributed by atoms with Crippen LogP contribution in [0.4, 0.5) is 0 Å². The predicted octanol–water partition coefficient (Wildman–Crippen LogP) is 4.54. The molecule has 21 heavy (non-hydrogen) atoms. The average molecular weight is 303 g/mol. The maximum absolute atomic E-state index is 11.6. The first kappa shape index (κ1) is 14.0. The summed E-state index contributed by atoms with van der Waals surface area (Å²) < 4.78 is 5.99. The van der Waals surface area contributed by atoms with Gasteiger partial charge in [0.1, 0.15) is 17.1 Å². The van der Waals surface area contributed by atoms with E-state index in [9.17, 15) is 9.90 Å². The number of hydrogen-bond acceptors (Lipinski definition) is 3. The fourth-order valence-electron chi connectivity index (χ4n) is 2.73. The molecule has 3 rings (SSSR count). The molecule has 3 nitrogen and oxygen atoms in total. The number of Topliss-reactive ketones (excluding diaryl/α,β-unsaturated/α-hetero) is 1. The van der Waals surface area contributed by atoms with Crippen LogP contribution in [-0.2, 0) is 5.60 Å². The van der Waals surface area contributed by atoms with Gasteiger partial charge in [0.25, 0.3) is 0 Å². The van der Waals surface area contributed by atoms with Crippen LogP contribution in [0.5, 0.6) is 11.5 Å². The first-order valence-corrected chi connectivity index (χ1v) is 7.05. The van der Waals surface area contributed by atoms with Crippen LogP contribution in [0.2, 0.25) is 5.02 Å². The second-order valence-electron chi connectivity index (χ2n) is 5.72. The molecule has 0 unspecified atom stereocenters. The van der Waals surface area contributed by atoms with E-state index in [-0.39, 0.29) is 17.1 Å². The van der Waals surface area contributed by atoms with E-state index in [2.05, 4.69) is 0 Å². The van der Waals surface area contributed by atoms with Gasteiger partial charge >= 0.3 is 0 Å². The standard InChI is InChI=1S/C17H15ClO3/c1-9(19)12-7-13-11-5-4-10(18)6-14(11)17(2,3)21-16(13)8-15(12)20/h4-8,20H,1-3H3. The topological polar surface area (TPSA) is 46.5 Å². The monoisotopic (exact) mass is 302 g/mol. The van der Waals surface area contributed by atoms with Gasteiger partial charge in [-0.2, -0.15) is 0 Å². The summed E-state index contributed by atoms with van der Waals surface area (Å²) in [5, 5.41) is 10.6. The smallest absolute Gasteiger partial charge is 0.163 e. The lowest BCUT2D eigenvalue weighted by atomic mass is 9.85. The molecule has 0 saturated heterocycles. The average Bonchev–Trinajstić information content (AvgIpc) is 2.37. The zero-order chi connectivity index (χ0) is 15.4. The van der Waals surface area contributed by atoms with Crippen LogP contribution < -0.4 is 4.74 Å². The number of benzene rings is 2. The molecule has 0 spiro atoms. The molecule has 1 aliphatic rings. The molecular formula is C17H15ClO3. The van der Waals surface area contributed by atoms with E-state index in [1.54, 1.807) is 6.07 Å². The van der Waals surface area contributed by atoms with E-state index >= 15 is 0 Å². The quantitative estimate of drug-likeness (QED) is 0.787. The van der Waals surface area contributed by atoms with Gasteiger partial charge in [-0.3, -0.25) is 4.79 Å². The third kappa shape index (κ3) is 2.18. The fourth-order valence-corrected chi connectivity index (χ4v) is 2.90. The number of rotatable bonds is 1. The second kappa shape index (κ2) is 4.50. The highest BCUT2D eigenvalue weighted by molar-refractivity contribution is 6.30. The molecular weight excluding hydrogens is 288 g/mol. The van der Waals surface area contributed by atoms with Crippen molar-refractivity contribution in [2.75, 3.05) is 0 Å². The van der Waals surface area contributed by atoms with Crippen LogP contribution in [0, 0.1) is 0 Å². The zero-order valence-corrected chi connectivity index (χ0v) is 12.8. The Bertz CT molecular complexity index is 763. The number of ketones is 1. The van der Waals surface area contributed by atoms with E-state index < -0.39 is 5.60 Å². The molecule has 1 N–H and O–H groups in total. The van der Waals surface area contributed by atoms with Crippen molar-refractivity contribution in [2.45, 2.75) is 26.4 Å². The number of carbonyl (C=O) groups excluding carboxylic acids is 1. The largest absolute Gasteiger partial charge is 0.507 e. The number of carbonyl (C=O) groups is 1. The Hall–Kier alpha value is -2.00. The molecule has 0 atom stereocenters. The molecule has 0 saturated carbocycles. The third-order valence-electron chi connectivity index (χ3n) is 3.76. The van der Waals surface area contributed by atoms with Crippen molar-refractivity contribution < 1.29 is 14.6 Å². The summed E-state index contributed by atoms with van der Waals surface area (Å²) in [4.78, 5) is 11.6. The molecule has 0 aromatic heterocycles. The van der Waals surface area contributed by atoms with E-state index in [0.717, 1.165) is 16.7 Å². The summed E-state index contributed by atoms with van der Waals surface area (Å²) in [6.45, 7) is 5.32. The molecule has 108 valence electrons. The lowest BCUT2D eigenvalue weighted by Gasteiger charge is -2.35. The Morgan fingerprint density at radius 3 is 2.57 bits per heavy atom. The van der Waals surface area contributed by atoms with E-state index in [1.807, 2.05) is 32.0 Å². The first-order chi connectivity index (χ1) is 9.79. The van der Waals surface area contributed by atoms with Crippen LogP contribution >= 0.6 is 11.6 Å². The van der Waals surface area contributed by atoms with Crippen molar-refractivity contribution in [1.82, 2.24) is 0 Å². The molecule has 0 aliphatic carbocycles. The number of fused-ring (bicyclic) bond motifs is 3. The van der Waals surface area contributed by atoms with Gasteiger partial charge in [0.2, 0.25) is 0 Å². The minimum absolute atomic E-state index is 0.0607. The van der Waals surface area contributed by atoms with Gasteiger partial charge in [0.15, 0.2) is 5.78 Å². The van der Waals surface area contributed by atoms with Crippen molar-refractivity contribution >= 4 is 17.4 Å². The maximum Gasteiger partial charge on any atom is 0.163 e. The van der Waals surface area contributed by atoms with Gasteiger partial charge in [-0.1, -0.05) is 17.7 Å². The van der Waals surface area contributed by atoms with Crippen LogP contribution in [0.15, 0.2) is 30.3 Å². The highest BCUT2D eigenvalue weighted by atomic mass is 35.5. The number of ether oxygens (including phenoxy) is 1. The summed E-state index contributed by atoms with van der Waals surface area (Å²) in [6.07, 6.45) is 0. The third-order valence-corrected chi connectivity index (χ3v) is 4.00. The minimum atomic E-state index is -0.558. The number of halogens is 1. The summed E-state index contributed by atoms with van der Waals surface area (Å²) in [6, 6.07) is 8.79. The zero-order valence-electron chi connectivity index (χ0n) is 12.0. The summed E-state index contributed by atoms with van der Waals surface area (Å²) in [7, 11) is 0. The Balaban J connectivity index is 2.32. The number of phenols is 1. The molecule has 0 fully saturated rings. The van der Waals surface area contributed by atoms with Crippen LogP contribution in [-0.4, -0.2) is 10.9 Å². The van der Waals surface area contributed by atoms with Crippen LogP contribution in [0.1, 0.15) is 36.7 Å². The second-order valence-corrected chi connectivity index (χ2v) is 6.16. The molecule has 1 heterocycles. The highest BCUT2D eigenvalue weighted by Gasteiger charge is 2.33. The lowest BCUT2D eigenvalue weighted by molar-refractivity contribution is 0.101. The Morgan fingerprint density at radius 1 is 1.19 bits per heavy atom. The van der Waals surface area contributed by atoms with Gasteiger partial charge < -0.3 is 9.84 Å². The Labute approximate surface area is 128 Å². The molecule has 4 heteroatoms. The highest BCUT2D eigenvalue weighted by Crippen LogP contribution is 2.47. The molecule has 2 aromatic rings. The number of phenolic OH excluding ortho intramolecular Hbond substituents is 1. The normalized spacial score (nSPS) is 14.9. The molecule has 0 amide bonds. The number of aromatic hydroxyl groups is 1. The van der Waals surface area contributed by atoms with E-state index in [1.165, 1.54) is 13.0 Å². The van der Waals surface area contributed by atoms with Gasteiger partial charge in [-0.25, -0.2) is 0 Å². The lowest BCUT2D eigenvalue weighted by Crippen LogP contribution is -2.29. The van der Waals surface area contributed by atoms with E-state index in [4.69, 9.17) is 16.3 Å². The number of hydrogen-bond donors (Lipinski definition) is 1. The van der Waals surface area contributed by atoms with Crippen LogP contribution in [0.3, 0.4) is 0 Å². The van der Waals surface area contributed by atoms with Gasteiger partial charge in [0.05, 0.1) is 5.56 Å². The van der Waals surface area contributed by atoms with Crippen molar-refractivity contribution in [2.24, 2.45) is 0 Å². The molecule has 1 aliphatic heterocycles. The van der Waals surface area contributed by atoms with Crippen molar-refractivity contribution in [1.29, 1.82) is 0 Å². The molecule has 0 radical (unpaired) electrons. The SMILES string of the molecule is CC(=O)c1cc2c(cc1O)OC(C)(C)c1cc(Cl)ccc1-2. The van der Waals surface area contributed by atoms with Crippen LogP contribution in [0.25, 0.3) is 11.1 Å². The maximum atomic E-state index is 11.6. The Morgan fingerprint density at radius 2 is 1.90 bits per heavy atom. The first-order valence-electron chi connectivity index (χ1n) is 6.67. The van der Waals surface area contributed by atoms with E-state index in [0.29, 0.717) is 10.8 Å². The molecule has 2 aromatic carbocycles. The van der Waals surface area contributed by atoms with Crippen molar-refractivity contribution in [3.63, 3.8) is 0 Å².